The molecule has 0 aromatic rings. The van der Waals surface area contributed by atoms with Crippen LogP contribution in [0, 0.1) is 0 Å². The van der Waals surface area contributed by atoms with E-state index < -0.39 is 0 Å². The molecular weight excluding hydrogens is 146 g/mol. The third-order valence-electron chi connectivity index (χ3n) is 0. The Morgan fingerprint density at radius 2 is 1.25 bits per heavy atom. The van der Waals surface area contributed by atoms with Crippen molar-refractivity contribution in [2.75, 3.05) is 0 Å². The molecule has 0 aromatic carbocycles. The number of hydrogen-bond acceptors (Lipinski definition) is 1. The summed E-state index contributed by atoms with van der Waals surface area (Å²) in [6.45, 7) is 0. The molecule has 19 valence electrons. The summed E-state index contributed by atoms with van der Waals surface area (Å²) in [5.74, 6) is 0. The van der Waals surface area contributed by atoms with Gasteiger partial charge in [-0.1, -0.05) is 0 Å². The Kier molecular flexibility index (Phi) is 107. The second-order valence-electron chi connectivity index (χ2n) is 0. The van der Waals surface area contributed by atoms with Gasteiger partial charge in [0.25, 0.3) is 0 Å². The van der Waals surface area contributed by atoms with Gasteiger partial charge in [0.15, 0.2) is 0 Å². The van der Waals surface area contributed by atoms with Gasteiger partial charge in [0.2, 0.25) is 0 Å². The quantitative estimate of drug-likeness (QED) is 0.376. The molecule has 0 aliphatic rings. The Morgan fingerprint density at radius 3 is 1.25 bits per heavy atom. The summed E-state index contributed by atoms with van der Waals surface area (Å²) in [5.41, 5.74) is 0. The molecule has 1 nitrogen and oxygen atoms in total. The van der Waals surface area contributed by atoms with Gasteiger partial charge < -0.3 is 0 Å². The van der Waals surface area contributed by atoms with E-state index in [9.17, 15) is 0 Å². The van der Waals surface area contributed by atoms with Crippen molar-refractivity contribution in [1.82, 2.24) is 0 Å². The van der Waals surface area contributed by atoms with Crippen LogP contribution in [0.2, 0.25) is 0 Å². The van der Waals surface area contributed by atoms with Crippen LogP contribution in [-0.4, -0.2) is 35.3 Å². The van der Waals surface area contributed by atoms with Gasteiger partial charge in [-0.2, -0.15) is 0 Å². The molecular formula is H3GeLiOV. The fourth-order valence-corrected chi connectivity index (χ4v) is 0. The smallest absolute Gasteiger partial charge is 0 e. The minimum absolute atomic E-state index is 0. The molecule has 0 spiro atoms. The normalized spacial score (nSPS) is 1.00. The molecule has 0 heterocycles. The van der Waals surface area contributed by atoms with Gasteiger partial charge in [-0.15, -0.1) is 0 Å². The predicted molar refractivity (Wildman–Crippen MR) is 16.4 cm³/mol. The fraction of sp³-hybridized carbons (Fsp3) is 0. The summed E-state index contributed by atoms with van der Waals surface area (Å²) in [7, 11) is 0. The van der Waals surface area contributed by atoms with Gasteiger partial charge >= 0.3 is 39.1 Å². The molecule has 0 aliphatic carbocycles. The third-order valence-corrected chi connectivity index (χ3v) is 0. The van der Waals surface area contributed by atoms with Crippen LogP contribution in [0.1, 0.15) is 0 Å². The summed E-state index contributed by atoms with van der Waals surface area (Å²) < 4.78 is 8.38. The zero-order chi connectivity index (χ0) is 2.00. The molecule has 4 heteroatoms. The van der Waals surface area contributed by atoms with Gasteiger partial charge in [-0.25, -0.2) is 0 Å². The molecule has 0 saturated carbocycles. The van der Waals surface area contributed by atoms with Gasteiger partial charge in [-0.05, 0) is 0 Å². The van der Waals surface area contributed by atoms with E-state index >= 15 is 0 Å². The topological polar surface area (TPSA) is 17.1 Å². The molecule has 0 fully saturated rings. The zero-order valence-electron chi connectivity index (χ0n) is 1.56. The Hall–Kier alpha value is 1.52. The molecule has 0 bridgehead atoms. The molecule has 0 N–H and O–H groups in total. The van der Waals surface area contributed by atoms with E-state index in [1.165, 1.54) is 0 Å². The van der Waals surface area contributed by atoms with Gasteiger partial charge in [-0.3, -0.25) is 0 Å². The Balaban J connectivity index is -0.00000000500. The summed E-state index contributed by atoms with van der Waals surface area (Å²) >= 11 is 0.125. The van der Waals surface area contributed by atoms with Crippen molar-refractivity contribution in [1.29, 1.82) is 0 Å². The summed E-state index contributed by atoms with van der Waals surface area (Å²) in [6, 6.07) is 0. The first kappa shape index (κ1) is 17.7. The van der Waals surface area contributed by atoms with Crippen molar-refractivity contribution in [3.05, 3.63) is 0 Å². The fourth-order valence-electron chi connectivity index (χ4n) is 0. The van der Waals surface area contributed by atoms with Gasteiger partial charge in [0.05, 0.1) is 0 Å². The van der Waals surface area contributed by atoms with Crippen LogP contribution in [0.3, 0.4) is 0 Å². The van der Waals surface area contributed by atoms with E-state index in [1.807, 2.05) is 0 Å². The zero-order valence-corrected chi connectivity index (χ0v) is 5.93. The van der Waals surface area contributed by atoms with Crippen LogP contribution in [0.25, 0.3) is 0 Å². The Morgan fingerprint density at radius 1 is 1.25 bits per heavy atom. The summed E-state index contributed by atoms with van der Waals surface area (Å²) in [5, 5.41) is 0. The summed E-state index contributed by atoms with van der Waals surface area (Å²) in [4.78, 5) is 0. The maximum absolute atomic E-state index is 8.38. The van der Waals surface area contributed by atoms with Crippen molar-refractivity contribution in [2.24, 2.45) is 0 Å². The van der Waals surface area contributed by atoms with Crippen molar-refractivity contribution < 1.29 is 22.3 Å². The van der Waals surface area contributed by atoms with E-state index in [2.05, 4.69) is 0 Å². The average Bonchev–Trinajstić information content (AvgIpc) is 1.00. The molecule has 0 atom stereocenters. The van der Waals surface area contributed by atoms with Crippen LogP contribution in [0.5, 0.6) is 0 Å². The summed E-state index contributed by atoms with van der Waals surface area (Å²) in [6.07, 6.45) is 0. The van der Waals surface area contributed by atoms with Crippen LogP contribution in [-0.2, 0) is 22.3 Å². The van der Waals surface area contributed by atoms with Crippen LogP contribution >= 0.6 is 0 Å². The van der Waals surface area contributed by atoms with Crippen LogP contribution in [0.4, 0.5) is 0 Å². The van der Waals surface area contributed by atoms with E-state index in [4.69, 9.17) is 3.78 Å². The second-order valence-corrected chi connectivity index (χ2v) is 0. The molecule has 0 amide bonds. The maximum Gasteiger partial charge on any atom is 0 e. The Bertz CT molecular complexity index is 8.00. The Labute approximate surface area is 57.4 Å². The first-order chi connectivity index (χ1) is 1.00. The molecule has 0 unspecified atom stereocenters. The molecule has 0 saturated heterocycles. The van der Waals surface area contributed by atoms with E-state index in [-0.39, 0.29) is 53.9 Å². The van der Waals surface area contributed by atoms with Crippen molar-refractivity contribution >= 4 is 35.3 Å². The van der Waals surface area contributed by atoms with Gasteiger partial charge in [0, 0.05) is 18.6 Å². The predicted octanol–water partition coefficient (Wildman–Crippen LogP) is -1.69. The van der Waals surface area contributed by atoms with Gasteiger partial charge in [0.1, 0.15) is 0 Å². The van der Waals surface area contributed by atoms with Crippen LogP contribution < -0.4 is 0 Å². The minimum atomic E-state index is 0. The molecule has 0 aromatic heterocycles. The third kappa shape index (κ3) is 9.66. The van der Waals surface area contributed by atoms with E-state index in [1.54, 1.807) is 0 Å². The second kappa shape index (κ2) is 24.2. The minimum Gasteiger partial charge on any atom is 0 e. The molecule has 0 aliphatic heterocycles. The molecule has 4 heavy (non-hydrogen) atoms. The molecule has 0 rings (SSSR count). The maximum atomic E-state index is 8.38. The van der Waals surface area contributed by atoms with Crippen molar-refractivity contribution in [3.8, 4) is 0 Å². The SMILES string of the molecule is [LiH].[O]=[GeH2].[V]. The van der Waals surface area contributed by atoms with Crippen LogP contribution in [0.15, 0.2) is 0 Å². The average molecular weight is 150 g/mol. The number of rotatable bonds is 0. The first-order valence-electron chi connectivity index (χ1n) is 0.289. The standard InChI is InChI=1S/GeH2O.Li.V.H/c1-2;;;/h1H2;;;. The van der Waals surface area contributed by atoms with Crippen molar-refractivity contribution in [3.63, 3.8) is 0 Å². The van der Waals surface area contributed by atoms with E-state index in [0.29, 0.717) is 0 Å². The van der Waals surface area contributed by atoms with Crippen molar-refractivity contribution in [2.45, 2.75) is 0 Å². The monoisotopic (exact) mass is 151 g/mol. The first-order valence-corrected chi connectivity index (χ1v) is 1.50. The molecule has 1 radical (unpaired) electrons. The number of hydrogen-bond donors (Lipinski definition) is 0. The van der Waals surface area contributed by atoms with E-state index in [0.717, 1.165) is 0 Å². The largest absolute Gasteiger partial charge is 0 e.